The molecule has 216 valence electrons. The Bertz CT molecular complexity index is 1510. The number of hydrazine groups is 1. The summed E-state index contributed by atoms with van der Waals surface area (Å²) < 4.78 is 30.3. The number of carbonyl (C=O) groups excluding carboxylic acids is 2. The van der Waals surface area contributed by atoms with Crippen molar-refractivity contribution in [2.24, 2.45) is 0 Å². The van der Waals surface area contributed by atoms with E-state index in [0.717, 1.165) is 32.0 Å². The first-order valence-corrected chi connectivity index (χ1v) is 16.7. The summed E-state index contributed by atoms with van der Waals surface area (Å²) in [6.07, 6.45) is -0.00856. The number of thiophene rings is 1. The lowest BCUT2D eigenvalue weighted by atomic mass is 10.1. The van der Waals surface area contributed by atoms with Gasteiger partial charge in [0.1, 0.15) is 4.21 Å². The molecule has 40 heavy (non-hydrogen) atoms. The first kappa shape index (κ1) is 29.4. The van der Waals surface area contributed by atoms with Crippen LogP contribution in [0.15, 0.2) is 28.5 Å². The van der Waals surface area contributed by atoms with E-state index in [1.165, 1.54) is 15.6 Å². The van der Waals surface area contributed by atoms with Crippen molar-refractivity contribution >= 4 is 66.2 Å². The fourth-order valence-electron chi connectivity index (χ4n) is 5.16. The number of fused-ring (bicyclic) bond motifs is 2. The summed E-state index contributed by atoms with van der Waals surface area (Å²) in [6, 6.07) is 6.24. The summed E-state index contributed by atoms with van der Waals surface area (Å²) in [5, 5.41) is 5.86. The fraction of sp³-hybridized carbons (Fsp3) is 0.500. The smallest absolute Gasteiger partial charge is 0.282 e. The highest BCUT2D eigenvalue weighted by Crippen LogP contribution is 2.35. The third kappa shape index (κ3) is 5.65. The molecule has 2 aliphatic rings. The number of aromatic nitrogens is 1. The normalized spacial score (nSPS) is 19.2. The Balaban J connectivity index is 1.42. The number of carbonyl (C=O) groups is 2. The van der Waals surface area contributed by atoms with Crippen LogP contribution in [-0.4, -0.2) is 102 Å². The van der Waals surface area contributed by atoms with E-state index in [9.17, 15) is 18.0 Å². The molecule has 0 N–H and O–H groups in total. The van der Waals surface area contributed by atoms with Crippen molar-refractivity contribution in [1.82, 2.24) is 29.1 Å². The van der Waals surface area contributed by atoms with E-state index >= 15 is 0 Å². The summed E-state index contributed by atoms with van der Waals surface area (Å²) >= 11 is 8.68. The van der Waals surface area contributed by atoms with Gasteiger partial charge >= 0.3 is 0 Å². The van der Waals surface area contributed by atoms with Gasteiger partial charge in [-0.15, -0.1) is 22.7 Å². The minimum Gasteiger partial charge on any atom is -0.343 e. The third-order valence-electron chi connectivity index (χ3n) is 7.56. The molecule has 1 aromatic carbocycles. The lowest BCUT2D eigenvalue weighted by Crippen LogP contribution is -2.57. The van der Waals surface area contributed by atoms with Gasteiger partial charge in [-0.25, -0.2) is 23.4 Å². The second-order valence-electron chi connectivity index (χ2n) is 10.1. The lowest BCUT2D eigenvalue weighted by molar-refractivity contribution is -0.132. The second-order valence-corrected chi connectivity index (χ2v) is 14.8. The van der Waals surface area contributed by atoms with Crippen LogP contribution in [-0.2, 0) is 27.9 Å². The lowest BCUT2D eigenvalue weighted by Gasteiger charge is -2.40. The molecule has 0 radical (unpaired) electrons. The third-order valence-corrected chi connectivity index (χ3v) is 12.4. The minimum atomic E-state index is -3.92. The molecular weight excluding hydrogens is 592 g/mol. The Hall–Kier alpha value is -2.13. The van der Waals surface area contributed by atoms with Gasteiger partial charge in [-0.05, 0) is 37.4 Å². The number of nitrogens with zero attached hydrogens (tertiary/aromatic N) is 6. The highest BCUT2D eigenvalue weighted by Gasteiger charge is 2.40. The monoisotopic (exact) mass is 624 g/mol. The molecule has 2 aliphatic heterocycles. The van der Waals surface area contributed by atoms with Gasteiger partial charge in [0.15, 0.2) is 5.01 Å². The van der Waals surface area contributed by atoms with Gasteiger partial charge in [-0.1, -0.05) is 17.7 Å². The number of hydrogen-bond donors (Lipinski definition) is 0. The van der Waals surface area contributed by atoms with Gasteiger partial charge in [0.2, 0.25) is 5.91 Å². The SMILES string of the molecule is CCN(CC)C(=O)CC1CN(C(=O)c2nc3c(s2)CN(C)N(C)C3)CCN1S(=O)(=O)c1cc2ccc(Cl)cc2s1. The Kier molecular flexibility index (Phi) is 8.54. The van der Waals surface area contributed by atoms with Crippen LogP contribution in [0.5, 0.6) is 0 Å². The van der Waals surface area contributed by atoms with Crippen molar-refractivity contribution in [3.05, 3.63) is 44.9 Å². The minimum absolute atomic E-state index is 0.00856. The number of benzene rings is 1. The van der Waals surface area contributed by atoms with E-state index in [2.05, 4.69) is 15.0 Å². The summed E-state index contributed by atoms with van der Waals surface area (Å²) in [7, 11) is 0.0479. The average Bonchev–Trinajstić information content (AvgIpc) is 3.53. The number of piperazine rings is 1. The van der Waals surface area contributed by atoms with Crippen LogP contribution in [0, 0.1) is 0 Å². The maximum atomic E-state index is 13.9. The molecular formula is C26H33ClN6O4S3. The predicted molar refractivity (Wildman–Crippen MR) is 158 cm³/mol. The molecule has 2 aromatic heterocycles. The van der Waals surface area contributed by atoms with Gasteiger partial charge in [0.05, 0.1) is 18.3 Å². The van der Waals surface area contributed by atoms with Gasteiger partial charge in [0, 0.05) is 74.4 Å². The number of rotatable bonds is 7. The van der Waals surface area contributed by atoms with E-state index < -0.39 is 16.1 Å². The van der Waals surface area contributed by atoms with E-state index in [1.807, 2.05) is 27.9 Å². The molecule has 3 aromatic rings. The van der Waals surface area contributed by atoms with Crippen molar-refractivity contribution in [3.63, 3.8) is 0 Å². The number of hydrogen-bond acceptors (Lipinski definition) is 9. The van der Waals surface area contributed by atoms with Crippen LogP contribution in [0.25, 0.3) is 10.1 Å². The van der Waals surface area contributed by atoms with Gasteiger partial charge < -0.3 is 9.80 Å². The second kappa shape index (κ2) is 11.6. The quantitative estimate of drug-likeness (QED) is 0.396. The van der Waals surface area contributed by atoms with Crippen molar-refractivity contribution < 1.29 is 18.0 Å². The van der Waals surface area contributed by atoms with Crippen LogP contribution in [0.3, 0.4) is 0 Å². The van der Waals surface area contributed by atoms with Crippen LogP contribution in [0.2, 0.25) is 5.02 Å². The van der Waals surface area contributed by atoms with E-state index in [0.29, 0.717) is 36.2 Å². The molecule has 0 saturated carbocycles. The van der Waals surface area contributed by atoms with Crippen molar-refractivity contribution in [1.29, 1.82) is 0 Å². The number of thiazole rings is 1. The molecule has 5 rings (SSSR count). The molecule has 1 unspecified atom stereocenters. The molecule has 1 atom stereocenters. The Labute approximate surface area is 247 Å². The van der Waals surface area contributed by atoms with Crippen molar-refractivity contribution in [2.45, 2.75) is 43.6 Å². The largest absolute Gasteiger partial charge is 0.343 e. The van der Waals surface area contributed by atoms with Crippen LogP contribution in [0.4, 0.5) is 0 Å². The average molecular weight is 625 g/mol. The predicted octanol–water partition coefficient (Wildman–Crippen LogP) is 3.58. The summed E-state index contributed by atoms with van der Waals surface area (Å²) in [6.45, 7) is 6.59. The summed E-state index contributed by atoms with van der Waals surface area (Å²) in [4.78, 5) is 35.8. The number of amides is 2. The zero-order valence-electron chi connectivity index (χ0n) is 23.0. The fourth-order valence-corrected chi connectivity index (χ4v) is 9.66. The van der Waals surface area contributed by atoms with Gasteiger partial charge in [-0.3, -0.25) is 9.59 Å². The highest BCUT2D eigenvalue weighted by atomic mass is 35.5. The van der Waals surface area contributed by atoms with Gasteiger partial charge in [0.25, 0.3) is 15.9 Å². The van der Waals surface area contributed by atoms with Gasteiger partial charge in [-0.2, -0.15) is 4.31 Å². The Morgan fingerprint density at radius 1 is 1.07 bits per heavy atom. The Morgan fingerprint density at radius 3 is 2.52 bits per heavy atom. The topological polar surface area (TPSA) is 97.4 Å². The number of halogens is 1. The summed E-state index contributed by atoms with van der Waals surface area (Å²) in [5.74, 6) is -0.359. The molecule has 10 nitrogen and oxygen atoms in total. The molecule has 1 fully saturated rings. The van der Waals surface area contributed by atoms with Crippen LogP contribution >= 0.6 is 34.3 Å². The maximum absolute atomic E-state index is 13.9. The molecule has 4 heterocycles. The molecule has 0 aliphatic carbocycles. The molecule has 2 amide bonds. The standard InChI is InChI=1S/C26H33ClN6O4S3/c1-5-31(6-2)23(34)13-19-14-32(26(35)25-28-20-15-29(3)30(4)16-22(20)39-25)9-10-33(19)40(36,37)24-11-17-7-8-18(27)12-21(17)38-24/h7-8,11-12,19H,5-6,9-10,13-16H2,1-4H3. The first-order chi connectivity index (χ1) is 19.0. The van der Waals surface area contributed by atoms with E-state index in [-0.39, 0.29) is 42.1 Å². The van der Waals surface area contributed by atoms with Crippen molar-refractivity contribution in [3.8, 4) is 0 Å². The molecule has 0 spiro atoms. The van der Waals surface area contributed by atoms with E-state index in [1.54, 1.807) is 34.1 Å². The zero-order valence-corrected chi connectivity index (χ0v) is 26.2. The number of sulfonamides is 1. The molecule has 0 bridgehead atoms. The maximum Gasteiger partial charge on any atom is 0.282 e. The highest BCUT2D eigenvalue weighted by molar-refractivity contribution is 7.91. The Morgan fingerprint density at radius 2 is 1.80 bits per heavy atom. The summed E-state index contributed by atoms with van der Waals surface area (Å²) in [5.41, 5.74) is 0.897. The first-order valence-electron chi connectivity index (χ1n) is 13.2. The zero-order chi connectivity index (χ0) is 28.8. The molecule has 14 heteroatoms. The van der Waals surface area contributed by atoms with Crippen molar-refractivity contribution in [2.75, 3.05) is 46.8 Å². The van der Waals surface area contributed by atoms with Crippen LogP contribution < -0.4 is 0 Å². The van der Waals surface area contributed by atoms with Crippen LogP contribution in [0.1, 0.15) is 40.6 Å². The van der Waals surface area contributed by atoms with E-state index in [4.69, 9.17) is 11.6 Å². The molecule has 1 saturated heterocycles.